The van der Waals surface area contributed by atoms with Crippen molar-refractivity contribution in [2.24, 2.45) is 0 Å². The molecule has 0 amide bonds. The lowest BCUT2D eigenvalue weighted by Gasteiger charge is -2.16. The summed E-state index contributed by atoms with van der Waals surface area (Å²) in [6.45, 7) is 0.582. The second-order valence-corrected chi connectivity index (χ2v) is 4.56. The number of nitrogens with one attached hydrogen (secondary N) is 1. The van der Waals surface area contributed by atoms with Crippen LogP contribution in [0.25, 0.3) is 0 Å². The van der Waals surface area contributed by atoms with Gasteiger partial charge in [0, 0.05) is 6.42 Å². The zero-order valence-electron chi connectivity index (χ0n) is 10.2. The minimum Gasteiger partial charge on any atom is -0.493 e. The number of fused-ring (bicyclic) bond motifs is 1. The van der Waals surface area contributed by atoms with E-state index in [9.17, 15) is 0 Å². The zero-order valence-corrected chi connectivity index (χ0v) is 10.2. The molecule has 1 aliphatic carbocycles. The van der Waals surface area contributed by atoms with Gasteiger partial charge in [-0.2, -0.15) is 5.21 Å². The predicted octanol–water partition coefficient (Wildman–Crippen LogP) is 1.70. The molecule has 1 aliphatic rings. The van der Waals surface area contributed by atoms with E-state index in [4.69, 9.17) is 4.74 Å². The van der Waals surface area contributed by atoms with Gasteiger partial charge in [-0.3, -0.25) is 0 Å². The number of nitrogens with zero attached hydrogens (tertiary/aromatic N) is 3. The Morgan fingerprint density at radius 3 is 2.89 bits per heavy atom. The Labute approximate surface area is 106 Å². The molecule has 0 radical (unpaired) electrons. The molecule has 2 aromatic rings. The lowest BCUT2D eigenvalue weighted by Crippen LogP contribution is -2.06. The smallest absolute Gasteiger partial charge is 0.177 e. The van der Waals surface area contributed by atoms with E-state index in [2.05, 4.69) is 38.8 Å². The first-order chi connectivity index (χ1) is 8.92. The maximum absolute atomic E-state index is 5.72. The molecule has 1 heterocycles. The van der Waals surface area contributed by atoms with E-state index >= 15 is 0 Å². The lowest BCUT2D eigenvalue weighted by molar-refractivity contribution is 0.318. The number of rotatable bonds is 4. The summed E-state index contributed by atoms with van der Waals surface area (Å²) < 4.78 is 5.72. The third-order valence-corrected chi connectivity index (χ3v) is 3.30. The SMILES string of the molecule is c1cc2c(cc1OCCc1nn[nH]n1)CCCC2. The van der Waals surface area contributed by atoms with Crippen molar-refractivity contribution in [1.29, 1.82) is 0 Å². The molecule has 0 saturated carbocycles. The number of aryl methyl sites for hydroxylation is 2. The van der Waals surface area contributed by atoms with E-state index in [1.807, 2.05) is 0 Å². The van der Waals surface area contributed by atoms with Gasteiger partial charge in [0.05, 0.1) is 6.61 Å². The average molecular weight is 244 g/mol. The molecular formula is C13H16N4O. The van der Waals surface area contributed by atoms with Crippen LogP contribution < -0.4 is 4.74 Å². The fourth-order valence-corrected chi connectivity index (χ4v) is 2.35. The second-order valence-electron chi connectivity index (χ2n) is 4.56. The molecule has 0 aliphatic heterocycles. The second kappa shape index (κ2) is 5.16. The number of ether oxygens (including phenoxy) is 1. The highest BCUT2D eigenvalue weighted by Gasteiger charge is 2.09. The molecular weight excluding hydrogens is 228 g/mol. The molecule has 0 atom stereocenters. The van der Waals surface area contributed by atoms with Crippen molar-refractivity contribution in [2.45, 2.75) is 32.1 Å². The van der Waals surface area contributed by atoms with Gasteiger partial charge in [-0.25, -0.2) is 0 Å². The standard InChI is InChI=1S/C13H16N4O/c1-2-4-11-9-12(6-5-10(11)3-1)18-8-7-13-14-16-17-15-13/h5-6,9H,1-4,7-8H2,(H,14,15,16,17). The van der Waals surface area contributed by atoms with Crippen LogP contribution in [0.1, 0.15) is 29.8 Å². The molecule has 1 aromatic heterocycles. The summed E-state index contributed by atoms with van der Waals surface area (Å²) >= 11 is 0. The van der Waals surface area contributed by atoms with Crippen molar-refractivity contribution in [3.05, 3.63) is 35.2 Å². The Morgan fingerprint density at radius 2 is 2.06 bits per heavy atom. The largest absolute Gasteiger partial charge is 0.493 e. The van der Waals surface area contributed by atoms with E-state index in [0.717, 1.165) is 5.75 Å². The van der Waals surface area contributed by atoms with Crippen LogP contribution in [-0.2, 0) is 19.3 Å². The first-order valence-electron chi connectivity index (χ1n) is 6.39. The number of H-pyrrole nitrogens is 1. The van der Waals surface area contributed by atoms with E-state index in [1.54, 1.807) is 0 Å². The monoisotopic (exact) mass is 244 g/mol. The maximum atomic E-state index is 5.72. The highest BCUT2D eigenvalue weighted by Crippen LogP contribution is 2.25. The number of aromatic amines is 1. The van der Waals surface area contributed by atoms with E-state index in [0.29, 0.717) is 18.9 Å². The minimum absolute atomic E-state index is 0.582. The number of hydrogen-bond acceptors (Lipinski definition) is 4. The van der Waals surface area contributed by atoms with Crippen LogP contribution in [0.2, 0.25) is 0 Å². The first kappa shape index (κ1) is 11.2. The Bertz CT molecular complexity index is 510. The van der Waals surface area contributed by atoms with Crippen LogP contribution in [0, 0.1) is 0 Å². The maximum Gasteiger partial charge on any atom is 0.177 e. The van der Waals surface area contributed by atoms with Crippen molar-refractivity contribution < 1.29 is 4.74 Å². The van der Waals surface area contributed by atoms with Gasteiger partial charge < -0.3 is 4.74 Å². The van der Waals surface area contributed by atoms with Crippen molar-refractivity contribution in [2.75, 3.05) is 6.61 Å². The summed E-state index contributed by atoms with van der Waals surface area (Å²) in [6, 6.07) is 6.42. The summed E-state index contributed by atoms with van der Waals surface area (Å²) in [5, 5.41) is 13.7. The summed E-state index contributed by atoms with van der Waals surface area (Å²) in [5.41, 5.74) is 2.92. The summed E-state index contributed by atoms with van der Waals surface area (Å²) in [6.07, 6.45) is 5.66. The van der Waals surface area contributed by atoms with E-state index in [1.165, 1.54) is 36.8 Å². The van der Waals surface area contributed by atoms with Crippen LogP contribution in [0.3, 0.4) is 0 Å². The predicted molar refractivity (Wildman–Crippen MR) is 66.5 cm³/mol. The summed E-state index contributed by atoms with van der Waals surface area (Å²) in [7, 11) is 0. The molecule has 1 aromatic carbocycles. The van der Waals surface area contributed by atoms with Gasteiger partial charge in [-0.1, -0.05) is 11.3 Å². The van der Waals surface area contributed by atoms with Crippen LogP contribution >= 0.6 is 0 Å². The third-order valence-electron chi connectivity index (χ3n) is 3.30. The van der Waals surface area contributed by atoms with Crippen molar-refractivity contribution in [1.82, 2.24) is 20.6 Å². The quantitative estimate of drug-likeness (QED) is 0.889. The third kappa shape index (κ3) is 2.50. The molecule has 0 saturated heterocycles. The lowest BCUT2D eigenvalue weighted by atomic mass is 9.92. The van der Waals surface area contributed by atoms with Gasteiger partial charge in [0.1, 0.15) is 5.75 Å². The van der Waals surface area contributed by atoms with Gasteiger partial charge in [0.2, 0.25) is 0 Å². The summed E-state index contributed by atoms with van der Waals surface area (Å²) in [5.74, 6) is 1.63. The minimum atomic E-state index is 0.582. The Balaban J connectivity index is 1.59. The molecule has 1 N–H and O–H groups in total. The van der Waals surface area contributed by atoms with E-state index in [-0.39, 0.29) is 0 Å². The number of tetrazole rings is 1. The van der Waals surface area contributed by atoms with Gasteiger partial charge in [0.25, 0.3) is 0 Å². The van der Waals surface area contributed by atoms with Crippen LogP contribution in [0.15, 0.2) is 18.2 Å². The molecule has 0 unspecified atom stereocenters. The van der Waals surface area contributed by atoms with Crippen molar-refractivity contribution in [3.8, 4) is 5.75 Å². The fraction of sp³-hybridized carbons (Fsp3) is 0.462. The normalized spacial score (nSPS) is 14.2. The van der Waals surface area contributed by atoms with Gasteiger partial charge in [-0.05, 0) is 48.9 Å². The first-order valence-corrected chi connectivity index (χ1v) is 6.39. The van der Waals surface area contributed by atoms with Crippen LogP contribution in [0.4, 0.5) is 0 Å². The fourth-order valence-electron chi connectivity index (χ4n) is 2.35. The Kier molecular flexibility index (Phi) is 3.21. The zero-order chi connectivity index (χ0) is 12.2. The molecule has 5 nitrogen and oxygen atoms in total. The number of benzene rings is 1. The molecule has 5 heteroatoms. The summed E-state index contributed by atoms with van der Waals surface area (Å²) in [4.78, 5) is 0. The number of hydrogen-bond donors (Lipinski definition) is 1. The topological polar surface area (TPSA) is 63.7 Å². The van der Waals surface area contributed by atoms with Crippen LogP contribution in [0.5, 0.6) is 5.75 Å². The Morgan fingerprint density at radius 1 is 1.17 bits per heavy atom. The number of aromatic nitrogens is 4. The van der Waals surface area contributed by atoms with Crippen molar-refractivity contribution >= 4 is 0 Å². The molecule has 3 rings (SSSR count). The highest BCUT2D eigenvalue weighted by atomic mass is 16.5. The van der Waals surface area contributed by atoms with Gasteiger partial charge >= 0.3 is 0 Å². The molecule has 0 spiro atoms. The highest BCUT2D eigenvalue weighted by molar-refractivity contribution is 5.37. The van der Waals surface area contributed by atoms with Gasteiger partial charge in [0.15, 0.2) is 5.82 Å². The molecule has 0 bridgehead atoms. The van der Waals surface area contributed by atoms with E-state index < -0.39 is 0 Å². The van der Waals surface area contributed by atoms with Gasteiger partial charge in [-0.15, -0.1) is 10.2 Å². The molecule has 0 fully saturated rings. The average Bonchev–Trinajstić information content (AvgIpc) is 2.92. The van der Waals surface area contributed by atoms with Crippen molar-refractivity contribution in [3.63, 3.8) is 0 Å². The Hall–Kier alpha value is -1.91. The molecule has 94 valence electrons. The van der Waals surface area contributed by atoms with Crippen LogP contribution in [-0.4, -0.2) is 27.2 Å². The molecule has 18 heavy (non-hydrogen) atoms.